The molecule has 0 nitrogen and oxygen atoms in total. The Morgan fingerprint density at radius 2 is 1.75 bits per heavy atom. The normalized spacial score (nSPS) is 17.9. The molecule has 0 aromatic heterocycles. The first-order chi connectivity index (χ1) is 3.72. The Morgan fingerprint density at radius 3 is 1.88 bits per heavy atom. The van der Waals surface area contributed by atoms with Gasteiger partial charge >= 0.3 is 0 Å². The first kappa shape index (κ1) is 8.53. The van der Waals surface area contributed by atoms with E-state index in [0.29, 0.717) is 0 Å². The zero-order chi connectivity index (χ0) is 6.57. The standard InChI is InChI=1S/C7H15.Al.2H/c1-5-7(4)6(2)3;;;/h6-7H,2,5H2,1,3-4H3;;;. The highest BCUT2D eigenvalue weighted by molar-refractivity contribution is 6.08. The van der Waals surface area contributed by atoms with Crippen molar-refractivity contribution < 1.29 is 0 Å². The smallest absolute Gasteiger partial charge is 0.0985 e. The Morgan fingerprint density at radius 1 is 1.25 bits per heavy atom. The molecule has 0 saturated heterocycles. The van der Waals surface area contributed by atoms with Crippen molar-refractivity contribution in [2.75, 3.05) is 0 Å². The molecule has 0 radical (unpaired) electrons. The highest BCUT2D eigenvalue weighted by atomic mass is 27.0. The second kappa shape index (κ2) is 4.42. The minimum Gasteiger partial charge on any atom is -0.0985 e. The van der Waals surface area contributed by atoms with E-state index in [9.17, 15) is 0 Å². The van der Waals surface area contributed by atoms with E-state index in [1.54, 1.807) is 0 Å². The van der Waals surface area contributed by atoms with Gasteiger partial charge in [0.05, 0.1) is 0 Å². The summed E-state index contributed by atoms with van der Waals surface area (Å²) in [7, 11) is 0. The van der Waals surface area contributed by atoms with Crippen molar-refractivity contribution in [1.29, 1.82) is 0 Å². The molecular weight excluding hydrogens is 111 g/mol. The lowest BCUT2D eigenvalue weighted by Gasteiger charge is -2.15. The summed E-state index contributed by atoms with van der Waals surface area (Å²) < 4.78 is 0. The van der Waals surface area contributed by atoms with Crippen molar-refractivity contribution in [3.63, 3.8) is 0 Å². The molecule has 0 N–H and O–H groups in total. The van der Waals surface area contributed by atoms with Crippen LogP contribution in [0.5, 0.6) is 0 Å². The molecule has 0 amide bonds. The van der Waals surface area contributed by atoms with Gasteiger partial charge in [0.25, 0.3) is 0 Å². The molecule has 0 aliphatic carbocycles. The molecule has 2 atom stereocenters. The Balaban J connectivity index is 3.29. The van der Waals surface area contributed by atoms with Crippen molar-refractivity contribution in [2.24, 2.45) is 11.8 Å². The van der Waals surface area contributed by atoms with Gasteiger partial charge in [0, 0.05) is 0 Å². The van der Waals surface area contributed by atoms with Gasteiger partial charge in [-0.2, -0.15) is 0 Å². The molecule has 0 heterocycles. The summed E-state index contributed by atoms with van der Waals surface area (Å²) in [5.74, 6) is 1.93. The van der Waals surface area contributed by atoms with Crippen LogP contribution < -0.4 is 0 Å². The van der Waals surface area contributed by atoms with Crippen LogP contribution in [0.3, 0.4) is 0 Å². The summed E-state index contributed by atoms with van der Waals surface area (Å²) in [6, 6.07) is 0. The quantitative estimate of drug-likeness (QED) is 0.508. The summed E-state index contributed by atoms with van der Waals surface area (Å²) in [5.41, 5.74) is 0. The van der Waals surface area contributed by atoms with Gasteiger partial charge in [0.15, 0.2) is 0 Å². The zero-order valence-corrected chi connectivity index (χ0v) is 8.57. The van der Waals surface area contributed by atoms with Gasteiger partial charge in [-0.25, -0.2) is 0 Å². The van der Waals surface area contributed by atoms with Crippen molar-refractivity contribution >= 4 is 16.3 Å². The van der Waals surface area contributed by atoms with Gasteiger partial charge in [0.2, 0.25) is 16.3 Å². The summed E-state index contributed by atoms with van der Waals surface area (Å²) in [5, 5.41) is 1.47. The van der Waals surface area contributed by atoms with Gasteiger partial charge in [-0.1, -0.05) is 38.4 Å². The topological polar surface area (TPSA) is 0 Å². The molecule has 48 valence electrons. The van der Waals surface area contributed by atoms with Crippen LogP contribution in [0.15, 0.2) is 0 Å². The third kappa shape index (κ3) is 2.75. The second-order valence-electron chi connectivity index (χ2n) is 2.77. The maximum Gasteiger partial charge on any atom is 0.212 e. The Kier molecular flexibility index (Phi) is 4.71. The molecule has 8 heavy (non-hydrogen) atoms. The number of rotatable bonds is 3. The van der Waals surface area contributed by atoms with Gasteiger partial charge < -0.3 is 0 Å². The summed E-state index contributed by atoms with van der Waals surface area (Å²) in [4.78, 5) is 0. The molecule has 0 aromatic carbocycles. The van der Waals surface area contributed by atoms with Crippen LogP contribution in [0.25, 0.3) is 0 Å². The average molecular weight is 128 g/mol. The molecular formula is C7H17Al. The second-order valence-corrected chi connectivity index (χ2v) is 3.59. The molecule has 0 aliphatic rings. The molecule has 0 rings (SSSR count). The molecule has 1 heteroatoms. The molecule has 0 saturated carbocycles. The summed E-state index contributed by atoms with van der Waals surface area (Å²) in [6.45, 7) is 6.99. The van der Waals surface area contributed by atoms with E-state index >= 15 is 0 Å². The van der Waals surface area contributed by atoms with Crippen LogP contribution in [0.2, 0.25) is 5.28 Å². The molecule has 2 unspecified atom stereocenters. The molecule has 0 fully saturated rings. The van der Waals surface area contributed by atoms with E-state index < -0.39 is 0 Å². The largest absolute Gasteiger partial charge is 0.212 e. The van der Waals surface area contributed by atoms with E-state index in [2.05, 4.69) is 20.8 Å². The minimum atomic E-state index is 0.951. The van der Waals surface area contributed by atoms with Crippen LogP contribution in [0.4, 0.5) is 0 Å². The van der Waals surface area contributed by atoms with Crippen molar-refractivity contribution in [1.82, 2.24) is 0 Å². The highest BCUT2D eigenvalue weighted by Crippen LogP contribution is 2.16. The maximum absolute atomic E-state index is 2.36. The van der Waals surface area contributed by atoms with Gasteiger partial charge in [-0.05, 0) is 5.92 Å². The number of hydrogen-bond donors (Lipinski definition) is 0. The lowest BCUT2D eigenvalue weighted by molar-refractivity contribution is 0.408. The molecule has 0 bridgehead atoms. The van der Waals surface area contributed by atoms with Crippen molar-refractivity contribution in [3.05, 3.63) is 0 Å². The fraction of sp³-hybridized carbons (Fsp3) is 1.00. The SMILES string of the molecule is CCC(C)C(C)[CH2][AlH2]. The van der Waals surface area contributed by atoms with E-state index in [0.717, 1.165) is 11.8 Å². The lowest BCUT2D eigenvalue weighted by Crippen LogP contribution is -2.05. The van der Waals surface area contributed by atoms with Gasteiger partial charge in [0.1, 0.15) is 0 Å². The lowest BCUT2D eigenvalue weighted by atomic mass is 9.96. The zero-order valence-electron chi connectivity index (χ0n) is 6.57. The van der Waals surface area contributed by atoms with Crippen LogP contribution in [-0.2, 0) is 0 Å². The van der Waals surface area contributed by atoms with E-state index in [1.165, 1.54) is 28.0 Å². The first-order valence-electron chi connectivity index (χ1n) is 3.72. The third-order valence-electron chi connectivity index (χ3n) is 2.26. The van der Waals surface area contributed by atoms with E-state index in [1.807, 2.05) is 0 Å². The Labute approximate surface area is 61.1 Å². The fourth-order valence-electron chi connectivity index (χ4n) is 0.805. The predicted octanol–water partition coefficient (Wildman–Crippen LogP) is 1.72. The third-order valence-corrected chi connectivity index (χ3v) is 3.55. The van der Waals surface area contributed by atoms with Crippen LogP contribution in [0, 0.1) is 11.8 Å². The van der Waals surface area contributed by atoms with Gasteiger partial charge in [-0.3, -0.25) is 0 Å². The van der Waals surface area contributed by atoms with E-state index in [-0.39, 0.29) is 0 Å². The molecule has 0 aromatic rings. The Bertz CT molecular complexity index is 44.3. The van der Waals surface area contributed by atoms with E-state index in [4.69, 9.17) is 0 Å². The monoisotopic (exact) mass is 128 g/mol. The van der Waals surface area contributed by atoms with Crippen LogP contribution in [-0.4, -0.2) is 16.3 Å². The fourth-order valence-corrected chi connectivity index (χ4v) is 1.61. The predicted molar refractivity (Wildman–Crippen MR) is 42.0 cm³/mol. The average Bonchev–Trinajstić information content (AvgIpc) is 1.84. The van der Waals surface area contributed by atoms with Gasteiger partial charge in [-0.15, -0.1) is 0 Å². The highest BCUT2D eigenvalue weighted by Gasteiger charge is 2.05. The van der Waals surface area contributed by atoms with Crippen molar-refractivity contribution in [2.45, 2.75) is 32.5 Å². The summed E-state index contributed by atoms with van der Waals surface area (Å²) >= 11 is 1.38. The molecule has 0 spiro atoms. The van der Waals surface area contributed by atoms with Crippen LogP contribution >= 0.6 is 0 Å². The van der Waals surface area contributed by atoms with Crippen molar-refractivity contribution in [3.8, 4) is 0 Å². The number of hydrogen-bond acceptors (Lipinski definition) is 0. The minimum absolute atomic E-state index is 0.951. The summed E-state index contributed by atoms with van der Waals surface area (Å²) in [6.07, 6.45) is 1.35. The Hall–Kier alpha value is 0.532. The first-order valence-corrected chi connectivity index (χ1v) is 5.13. The van der Waals surface area contributed by atoms with Crippen LogP contribution in [0.1, 0.15) is 27.2 Å². The maximum atomic E-state index is 2.36. The molecule has 0 aliphatic heterocycles.